The van der Waals surface area contributed by atoms with E-state index in [-0.39, 0.29) is 22.7 Å². The molecule has 0 unspecified atom stereocenters. The highest BCUT2D eigenvalue weighted by atomic mass is 32.2. The Kier molecular flexibility index (Phi) is 5.46. The minimum Gasteiger partial charge on any atom is -0.369 e. The van der Waals surface area contributed by atoms with E-state index in [0.29, 0.717) is 22.4 Å². The van der Waals surface area contributed by atoms with Gasteiger partial charge in [0.15, 0.2) is 0 Å². The third kappa shape index (κ3) is 3.68. The Balaban J connectivity index is 1.56. The number of aryl methyl sites for hydroxylation is 1. The standard InChI is InChI=1S/C24H23FN4O2S/c1-28-14-18(24-26-23(27-31-24)15-6-8-16(32-2)9-7-15)22(30)17-12-19(25)21(13-20(17)28)29-10-4-3-5-11-29/h6-9,12-14H,3-5,10-11H2,1-2H3. The molecular formula is C24H23FN4O2S. The third-order valence-electron chi connectivity index (χ3n) is 5.96. The number of benzene rings is 2. The fourth-order valence-electron chi connectivity index (χ4n) is 4.21. The first-order valence-electron chi connectivity index (χ1n) is 10.6. The van der Waals surface area contributed by atoms with Crippen molar-refractivity contribution in [2.24, 2.45) is 7.05 Å². The van der Waals surface area contributed by atoms with Crippen LogP contribution in [0.1, 0.15) is 19.3 Å². The van der Waals surface area contributed by atoms with Crippen molar-refractivity contribution in [1.29, 1.82) is 0 Å². The molecule has 0 N–H and O–H groups in total. The molecule has 6 nitrogen and oxygen atoms in total. The minimum absolute atomic E-state index is 0.122. The minimum atomic E-state index is -0.381. The van der Waals surface area contributed by atoms with Crippen LogP contribution in [0.2, 0.25) is 0 Å². The number of pyridine rings is 1. The number of rotatable bonds is 4. The molecule has 1 aliphatic heterocycles. The van der Waals surface area contributed by atoms with E-state index in [0.717, 1.165) is 36.4 Å². The number of nitrogens with zero attached hydrogens (tertiary/aromatic N) is 4. The van der Waals surface area contributed by atoms with Crippen LogP contribution < -0.4 is 10.3 Å². The second-order valence-electron chi connectivity index (χ2n) is 8.00. The fourth-order valence-corrected chi connectivity index (χ4v) is 4.62. The molecule has 0 aliphatic carbocycles. The van der Waals surface area contributed by atoms with E-state index in [4.69, 9.17) is 4.52 Å². The summed E-state index contributed by atoms with van der Waals surface area (Å²) in [4.78, 5) is 20.8. The van der Waals surface area contributed by atoms with Crippen molar-refractivity contribution in [2.75, 3.05) is 24.2 Å². The maximum atomic E-state index is 15.0. The lowest BCUT2D eigenvalue weighted by Crippen LogP contribution is -2.30. The second kappa shape index (κ2) is 8.43. The van der Waals surface area contributed by atoms with E-state index in [1.165, 1.54) is 12.5 Å². The summed E-state index contributed by atoms with van der Waals surface area (Å²) in [7, 11) is 1.83. The number of fused-ring (bicyclic) bond motifs is 1. The molecule has 3 heterocycles. The Bertz CT molecular complexity index is 1340. The van der Waals surface area contributed by atoms with Crippen molar-refractivity contribution in [3.63, 3.8) is 0 Å². The largest absolute Gasteiger partial charge is 0.369 e. The number of anilines is 1. The molecule has 2 aromatic heterocycles. The van der Waals surface area contributed by atoms with Crippen LogP contribution in [0.15, 0.2) is 56.8 Å². The van der Waals surface area contributed by atoms with E-state index < -0.39 is 0 Å². The zero-order valence-corrected chi connectivity index (χ0v) is 18.8. The summed E-state index contributed by atoms with van der Waals surface area (Å²) in [5.74, 6) is 0.146. The van der Waals surface area contributed by atoms with Gasteiger partial charge >= 0.3 is 0 Å². The molecule has 4 aromatic rings. The zero-order chi connectivity index (χ0) is 22.2. The summed E-state index contributed by atoms with van der Waals surface area (Å²) in [6.45, 7) is 1.66. The maximum Gasteiger partial charge on any atom is 0.263 e. The van der Waals surface area contributed by atoms with Crippen LogP contribution in [0, 0.1) is 5.82 Å². The lowest BCUT2D eigenvalue weighted by atomic mass is 10.1. The summed E-state index contributed by atoms with van der Waals surface area (Å²) in [5, 5.41) is 4.34. The van der Waals surface area contributed by atoms with E-state index in [9.17, 15) is 9.18 Å². The molecule has 1 saturated heterocycles. The highest BCUT2D eigenvalue weighted by Crippen LogP contribution is 2.29. The predicted octanol–water partition coefficient (Wildman–Crippen LogP) is 5.11. The first-order valence-corrected chi connectivity index (χ1v) is 11.8. The maximum absolute atomic E-state index is 15.0. The Labute approximate surface area is 189 Å². The summed E-state index contributed by atoms with van der Waals surface area (Å²) in [5.41, 5.74) is 1.95. The quantitative estimate of drug-likeness (QED) is 0.403. The first-order chi connectivity index (χ1) is 15.5. The molecule has 1 fully saturated rings. The highest BCUT2D eigenvalue weighted by molar-refractivity contribution is 7.98. The molecule has 0 atom stereocenters. The molecule has 8 heteroatoms. The fraction of sp³-hybridized carbons (Fsp3) is 0.292. The normalized spacial score (nSPS) is 14.3. The van der Waals surface area contributed by atoms with Gasteiger partial charge in [0, 0.05) is 42.2 Å². The second-order valence-corrected chi connectivity index (χ2v) is 8.88. The van der Waals surface area contributed by atoms with Crippen molar-refractivity contribution in [1.82, 2.24) is 14.7 Å². The van der Waals surface area contributed by atoms with Crippen molar-refractivity contribution in [3.05, 3.63) is 58.6 Å². The molecule has 0 saturated carbocycles. The van der Waals surface area contributed by atoms with Crippen molar-refractivity contribution in [2.45, 2.75) is 24.2 Å². The number of aromatic nitrogens is 3. The number of thioether (sulfide) groups is 1. The van der Waals surface area contributed by atoms with Crippen LogP contribution in [0.5, 0.6) is 0 Å². The molecule has 0 spiro atoms. The number of halogens is 1. The van der Waals surface area contributed by atoms with Gasteiger partial charge in [0.25, 0.3) is 5.89 Å². The van der Waals surface area contributed by atoms with Crippen molar-refractivity contribution >= 4 is 28.4 Å². The van der Waals surface area contributed by atoms with Crippen molar-refractivity contribution in [3.8, 4) is 22.8 Å². The van der Waals surface area contributed by atoms with Crippen LogP contribution in [-0.2, 0) is 7.05 Å². The molecule has 0 radical (unpaired) electrons. The van der Waals surface area contributed by atoms with Gasteiger partial charge in [-0.25, -0.2) is 4.39 Å². The van der Waals surface area contributed by atoms with Crippen molar-refractivity contribution < 1.29 is 8.91 Å². The Morgan fingerprint density at radius 3 is 2.56 bits per heavy atom. The zero-order valence-electron chi connectivity index (χ0n) is 18.0. The monoisotopic (exact) mass is 450 g/mol. The van der Waals surface area contributed by atoms with E-state index in [1.54, 1.807) is 24.0 Å². The molecule has 32 heavy (non-hydrogen) atoms. The van der Waals surface area contributed by atoms with Gasteiger partial charge in [-0.05, 0) is 61.9 Å². The van der Waals surface area contributed by atoms with Gasteiger partial charge in [0.1, 0.15) is 11.4 Å². The van der Waals surface area contributed by atoms with E-state index in [1.807, 2.05) is 42.1 Å². The molecule has 5 rings (SSSR count). The van der Waals surface area contributed by atoms with Gasteiger partial charge in [0.2, 0.25) is 11.3 Å². The molecule has 0 amide bonds. The van der Waals surface area contributed by atoms with E-state index >= 15 is 0 Å². The van der Waals surface area contributed by atoms with Gasteiger partial charge in [-0.1, -0.05) is 5.16 Å². The lowest BCUT2D eigenvalue weighted by Gasteiger charge is -2.29. The molecule has 164 valence electrons. The molecular weight excluding hydrogens is 427 g/mol. The third-order valence-corrected chi connectivity index (χ3v) is 6.70. The molecule has 0 bridgehead atoms. The average molecular weight is 451 g/mol. The van der Waals surface area contributed by atoms with Gasteiger partial charge in [-0.15, -0.1) is 11.8 Å². The predicted molar refractivity (Wildman–Crippen MR) is 126 cm³/mol. The van der Waals surface area contributed by atoms with Crippen LogP contribution in [0.4, 0.5) is 10.1 Å². The Morgan fingerprint density at radius 1 is 1.09 bits per heavy atom. The summed E-state index contributed by atoms with van der Waals surface area (Å²) in [6, 6.07) is 10.9. The van der Waals surface area contributed by atoms with Crippen LogP contribution in [0.25, 0.3) is 33.7 Å². The Hall–Kier alpha value is -3.13. The van der Waals surface area contributed by atoms with Gasteiger partial charge < -0.3 is 14.0 Å². The number of hydrogen-bond donors (Lipinski definition) is 0. The first kappa shape index (κ1) is 20.8. The van der Waals surface area contributed by atoms with Gasteiger partial charge in [0.05, 0.1) is 11.2 Å². The van der Waals surface area contributed by atoms with Crippen LogP contribution in [0.3, 0.4) is 0 Å². The molecule has 1 aliphatic rings. The van der Waals surface area contributed by atoms with Gasteiger partial charge in [-0.2, -0.15) is 4.98 Å². The summed E-state index contributed by atoms with van der Waals surface area (Å²) >= 11 is 1.65. The van der Waals surface area contributed by atoms with E-state index in [2.05, 4.69) is 15.0 Å². The number of hydrogen-bond acceptors (Lipinski definition) is 6. The average Bonchev–Trinajstić information content (AvgIpc) is 3.32. The number of piperidine rings is 1. The molecule has 2 aromatic carbocycles. The topological polar surface area (TPSA) is 64.2 Å². The lowest BCUT2D eigenvalue weighted by molar-refractivity contribution is 0.432. The smallest absolute Gasteiger partial charge is 0.263 e. The summed E-state index contributed by atoms with van der Waals surface area (Å²) < 4.78 is 22.2. The SMILES string of the molecule is CSc1ccc(-c2noc(-c3cn(C)c4cc(N5CCCCC5)c(F)cc4c3=O)n2)cc1. The van der Waals surface area contributed by atoms with Gasteiger partial charge in [-0.3, -0.25) is 4.79 Å². The summed E-state index contributed by atoms with van der Waals surface area (Å²) in [6.07, 6.45) is 6.96. The Morgan fingerprint density at radius 2 is 1.84 bits per heavy atom. The van der Waals surface area contributed by atoms with Crippen LogP contribution >= 0.6 is 11.8 Å². The highest BCUT2D eigenvalue weighted by Gasteiger charge is 2.20. The van der Waals surface area contributed by atoms with Crippen LogP contribution in [-0.4, -0.2) is 34.1 Å².